The highest BCUT2D eigenvalue weighted by Crippen LogP contribution is 2.06. The van der Waals surface area contributed by atoms with Gasteiger partial charge in [-0.3, -0.25) is 4.79 Å². The summed E-state index contributed by atoms with van der Waals surface area (Å²) in [7, 11) is 0. The molecule has 0 rings (SSSR count). The van der Waals surface area contributed by atoms with E-state index in [1.165, 1.54) is 0 Å². The van der Waals surface area contributed by atoms with Crippen molar-refractivity contribution in [3.05, 3.63) is 0 Å². The van der Waals surface area contributed by atoms with Crippen LogP contribution in [0.1, 0.15) is 20.3 Å². The number of esters is 1. The van der Waals surface area contributed by atoms with E-state index in [-0.39, 0.29) is 18.6 Å². The molecule has 0 heterocycles. The summed E-state index contributed by atoms with van der Waals surface area (Å²) >= 11 is 1.54. The predicted molar refractivity (Wildman–Crippen MR) is 63.1 cm³/mol. The molecular formula is C10H21NO3S. The molecule has 5 heteroatoms. The normalized spacial score (nSPS) is 12.5. The number of rotatable bonds is 9. The summed E-state index contributed by atoms with van der Waals surface area (Å²) in [6, 6.07) is 0.277. The number of nitrogens with one attached hydrogen (secondary N) is 1. The van der Waals surface area contributed by atoms with Gasteiger partial charge in [0.15, 0.2) is 0 Å². The molecule has 0 aromatic heterocycles. The van der Waals surface area contributed by atoms with E-state index in [0.717, 1.165) is 18.7 Å². The molecule has 90 valence electrons. The van der Waals surface area contributed by atoms with Crippen LogP contribution in [0.4, 0.5) is 0 Å². The molecular weight excluding hydrogens is 214 g/mol. The Hall–Kier alpha value is -0.260. The number of thioether (sulfide) groups is 1. The quantitative estimate of drug-likeness (QED) is 0.574. The van der Waals surface area contributed by atoms with Crippen LogP contribution >= 0.6 is 11.8 Å². The zero-order valence-corrected chi connectivity index (χ0v) is 10.3. The van der Waals surface area contributed by atoms with E-state index in [1.54, 1.807) is 18.7 Å². The second-order valence-corrected chi connectivity index (χ2v) is 4.12. The molecule has 0 aliphatic carbocycles. The highest BCUT2D eigenvalue weighted by molar-refractivity contribution is 7.99. The lowest BCUT2D eigenvalue weighted by Gasteiger charge is -2.15. The van der Waals surface area contributed by atoms with Gasteiger partial charge in [0.1, 0.15) is 0 Å². The molecule has 0 amide bonds. The van der Waals surface area contributed by atoms with Gasteiger partial charge in [0, 0.05) is 18.4 Å². The van der Waals surface area contributed by atoms with Gasteiger partial charge >= 0.3 is 5.97 Å². The van der Waals surface area contributed by atoms with Crippen LogP contribution in [-0.4, -0.2) is 48.4 Å². The standard InChI is InChI=1S/C10H21NO3S/c1-3-11-9(5-6-12)7-15-8-10(13)14-4-2/h9,11-12H,3-8H2,1-2H3. The van der Waals surface area contributed by atoms with Crippen molar-refractivity contribution in [1.82, 2.24) is 5.32 Å². The Morgan fingerprint density at radius 1 is 1.53 bits per heavy atom. The summed E-state index contributed by atoms with van der Waals surface area (Å²) in [6.07, 6.45) is 0.726. The van der Waals surface area contributed by atoms with Gasteiger partial charge in [-0.05, 0) is 19.9 Å². The van der Waals surface area contributed by atoms with Crippen LogP contribution in [0, 0.1) is 0 Å². The van der Waals surface area contributed by atoms with Crippen molar-refractivity contribution < 1.29 is 14.6 Å². The van der Waals surface area contributed by atoms with Gasteiger partial charge in [0.05, 0.1) is 12.4 Å². The first-order valence-corrected chi connectivity index (χ1v) is 6.47. The van der Waals surface area contributed by atoms with Crippen molar-refractivity contribution >= 4 is 17.7 Å². The molecule has 0 aliphatic heterocycles. The first-order valence-electron chi connectivity index (χ1n) is 5.32. The lowest BCUT2D eigenvalue weighted by atomic mass is 10.2. The van der Waals surface area contributed by atoms with E-state index < -0.39 is 0 Å². The smallest absolute Gasteiger partial charge is 0.315 e. The van der Waals surface area contributed by atoms with Crippen molar-refractivity contribution in [3.8, 4) is 0 Å². The third-order valence-electron chi connectivity index (χ3n) is 1.81. The second-order valence-electron chi connectivity index (χ2n) is 3.09. The molecule has 2 N–H and O–H groups in total. The van der Waals surface area contributed by atoms with Crippen molar-refractivity contribution in [2.24, 2.45) is 0 Å². The lowest BCUT2D eigenvalue weighted by Crippen LogP contribution is -2.32. The van der Waals surface area contributed by atoms with Crippen LogP contribution in [0.5, 0.6) is 0 Å². The highest BCUT2D eigenvalue weighted by Gasteiger charge is 2.08. The van der Waals surface area contributed by atoms with Crippen LogP contribution in [0.2, 0.25) is 0 Å². The van der Waals surface area contributed by atoms with E-state index >= 15 is 0 Å². The molecule has 0 spiro atoms. The van der Waals surface area contributed by atoms with Crippen molar-refractivity contribution in [2.45, 2.75) is 26.3 Å². The van der Waals surface area contributed by atoms with Crippen molar-refractivity contribution in [1.29, 1.82) is 0 Å². The minimum Gasteiger partial charge on any atom is -0.465 e. The minimum atomic E-state index is -0.165. The molecule has 1 unspecified atom stereocenters. The molecule has 0 aromatic rings. The first kappa shape index (κ1) is 14.7. The Kier molecular flexibility index (Phi) is 10.1. The van der Waals surface area contributed by atoms with E-state index in [2.05, 4.69) is 5.32 Å². The number of hydrogen-bond donors (Lipinski definition) is 2. The number of ether oxygens (including phenoxy) is 1. The molecule has 4 nitrogen and oxygen atoms in total. The average Bonchev–Trinajstić information content (AvgIpc) is 2.19. The van der Waals surface area contributed by atoms with Gasteiger partial charge in [-0.1, -0.05) is 6.92 Å². The van der Waals surface area contributed by atoms with Gasteiger partial charge in [0.2, 0.25) is 0 Å². The summed E-state index contributed by atoms with van der Waals surface area (Å²) in [4.78, 5) is 11.0. The molecule has 1 atom stereocenters. The summed E-state index contributed by atoms with van der Waals surface area (Å²) in [6.45, 7) is 5.32. The molecule has 15 heavy (non-hydrogen) atoms. The lowest BCUT2D eigenvalue weighted by molar-refractivity contribution is -0.139. The van der Waals surface area contributed by atoms with Gasteiger partial charge in [-0.2, -0.15) is 0 Å². The van der Waals surface area contributed by atoms with Gasteiger partial charge in [-0.25, -0.2) is 0 Å². The molecule has 0 saturated carbocycles. The first-order chi connectivity index (χ1) is 7.24. The van der Waals surface area contributed by atoms with E-state index in [4.69, 9.17) is 9.84 Å². The minimum absolute atomic E-state index is 0.165. The number of carbonyl (C=O) groups is 1. The van der Waals surface area contributed by atoms with Crippen LogP contribution in [0.15, 0.2) is 0 Å². The van der Waals surface area contributed by atoms with E-state index in [1.807, 2.05) is 6.92 Å². The van der Waals surface area contributed by atoms with E-state index in [0.29, 0.717) is 12.4 Å². The summed E-state index contributed by atoms with van der Waals surface area (Å²) < 4.78 is 4.81. The zero-order chi connectivity index (χ0) is 11.5. The Bertz CT molecular complexity index is 161. The van der Waals surface area contributed by atoms with Crippen LogP contribution in [0.25, 0.3) is 0 Å². The number of carbonyl (C=O) groups excluding carboxylic acids is 1. The molecule has 0 fully saturated rings. The monoisotopic (exact) mass is 235 g/mol. The molecule has 0 aliphatic rings. The number of hydrogen-bond acceptors (Lipinski definition) is 5. The fraction of sp³-hybridized carbons (Fsp3) is 0.900. The number of aliphatic hydroxyl groups excluding tert-OH is 1. The van der Waals surface area contributed by atoms with Gasteiger partial charge < -0.3 is 15.2 Å². The van der Waals surface area contributed by atoms with Crippen LogP contribution in [-0.2, 0) is 9.53 Å². The third-order valence-corrected chi connectivity index (χ3v) is 2.89. The summed E-state index contributed by atoms with van der Waals surface area (Å²) in [5.41, 5.74) is 0. The molecule has 0 saturated heterocycles. The Balaban J connectivity index is 3.55. The molecule has 0 bridgehead atoms. The van der Waals surface area contributed by atoms with Gasteiger partial charge in [0.25, 0.3) is 0 Å². The van der Waals surface area contributed by atoms with E-state index in [9.17, 15) is 4.79 Å². The second kappa shape index (κ2) is 10.3. The average molecular weight is 235 g/mol. The van der Waals surface area contributed by atoms with Gasteiger partial charge in [-0.15, -0.1) is 11.8 Å². The summed E-state index contributed by atoms with van der Waals surface area (Å²) in [5, 5.41) is 12.1. The fourth-order valence-corrected chi connectivity index (χ4v) is 2.11. The van der Waals surface area contributed by atoms with Crippen LogP contribution < -0.4 is 5.32 Å². The molecule has 0 aromatic carbocycles. The number of aliphatic hydroxyl groups is 1. The van der Waals surface area contributed by atoms with Crippen LogP contribution in [0.3, 0.4) is 0 Å². The topological polar surface area (TPSA) is 58.6 Å². The summed E-state index contributed by atoms with van der Waals surface area (Å²) in [5.74, 6) is 1.05. The SMILES string of the molecule is CCNC(CCO)CSCC(=O)OCC. The predicted octanol–water partition coefficient (Wildman–Crippen LogP) is 0.643. The maximum atomic E-state index is 11.0. The third kappa shape index (κ3) is 8.72. The Labute approximate surface area is 95.8 Å². The maximum Gasteiger partial charge on any atom is 0.315 e. The highest BCUT2D eigenvalue weighted by atomic mass is 32.2. The maximum absolute atomic E-state index is 11.0. The Morgan fingerprint density at radius 3 is 2.80 bits per heavy atom. The van der Waals surface area contributed by atoms with Crippen molar-refractivity contribution in [3.63, 3.8) is 0 Å². The fourth-order valence-electron chi connectivity index (χ4n) is 1.18. The zero-order valence-electron chi connectivity index (χ0n) is 9.49. The largest absolute Gasteiger partial charge is 0.465 e. The molecule has 0 radical (unpaired) electrons. The Morgan fingerprint density at radius 2 is 2.27 bits per heavy atom. The van der Waals surface area contributed by atoms with Crippen molar-refractivity contribution in [2.75, 3.05) is 31.3 Å².